The molecule has 2 aliphatic heterocycles. The Bertz CT molecular complexity index is 873. The molecule has 0 saturated carbocycles. The van der Waals surface area contributed by atoms with E-state index < -0.39 is 18.3 Å². The van der Waals surface area contributed by atoms with Crippen molar-refractivity contribution in [3.63, 3.8) is 0 Å². The lowest BCUT2D eigenvalue weighted by Crippen LogP contribution is -2.41. The third kappa shape index (κ3) is 2.85. The van der Waals surface area contributed by atoms with Crippen LogP contribution in [-0.2, 0) is 15.9 Å². The van der Waals surface area contributed by atoms with Crippen LogP contribution in [0.4, 0.5) is 4.39 Å². The van der Waals surface area contributed by atoms with E-state index in [0.717, 1.165) is 22.3 Å². The Kier molecular flexibility index (Phi) is 3.97. The van der Waals surface area contributed by atoms with Crippen molar-refractivity contribution in [2.24, 2.45) is 0 Å². The summed E-state index contributed by atoms with van der Waals surface area (Å²) in [5.41, 5.74) is 3.04. The molecule has 2 aromatic carbocycles. The van der Waals surface area contributed by atoms with Gasteiger partial charge in [-0.15, -0.1) is 0 Å². The molecule has 2 aromatic rings. The van der Waals surface area contributed by atoms with Gasteiger partial charge in [-0.2, -0.15) is 0 Å². The molecule has 0 aliphatic carbocycles. The van der Waals surface area contributed by atoms with Gasteiger partial charge >= 0.3 is 7.12 Å². The first kappa shape index (κ1) is 17.3. The molecular weight excluding hydrogens is 330 g/mol. The van der Waals surface area contributed by atoms with Crippen molar-refractivity contribution in [3.05, 3.63) is 70.9 Å². The van der Waals surface area contributed by atoms with E-state index in [2.05, 4.69) is 0 Å². The zero-order chi connectivity index (χ0) is 18.5. The normalized spacial score (nSPS) is 21.7. The second-order valence-corrected chi connectivity index (χ2v) is 7.79. The predicted molar refractivity (Wildman–Crippen MR) is 100 cm³/mol. The molecule has 1 fully saturated rings. The van der Waals surface area contributed by atoms with Gasteiger partial charge in [0.1, 0.15) is 18.2 Å². The molecule has 0 aromatic heterocycles. The van der Waals surface area contributed by atoms with Crippen LogP contribution in [0.15, 0.2) is 48.4 Å². The Morgan fingerprint density at radius 1 is 0.962 bits per heavy atom. The summed E-state index contributed by atoms with van der Waals surface area (Å²) in [5, 5.41) is 0. The molecule has 0 spiro atoms. The predicted octanol–water partition coefficient (Wildman–Crippen LogP) is 4.78. The minimum atomic E-state index is -0.487. The summed E-state index contributed by atoms with van der Waals surface area (Å²) in [6.45, 7) is 8.50. The maximum atomic E-state index is 13.7. The molecule has 0 unspecified atom stereocenters. The Hall–Kier alpha value is -2.11. The average Bonchev–Trinajstić information content (AvgIpc) is 2.70. The smallest absolute Gasteiger partial charge is 0.487 e. The van der Waals surface area contributed by atoms with E-state index in [-0.39, 0.29) is 5.82 Å². The Morgan fingerprint density at radius 3 is 2.38 bits per heavy atom. The summed E-state index contributed by atoms with van der Waals surface area (Å²) in [4.78, 5) is 0. The Morgan fingerprint density at radius 2 is 1.65 bits per heavy atom. The van der Waals surface area contributed by atoms with Crippen LogP contribution in [0.5, 0.6) is 5.75 Å². The van der Waals surface area contributed by atoms with Crippen LogP contribution in [-0.4, -0.2) is 18.3 Å². The number of halogens is 1. The second kappa shape index (κ2) is 5.97. The number of ether oxygens (including phenoxy) is 1. The van der Waals surface area contributed by atoms with Crippen LogP contribution in [0.2, 0.25) is 0 Å². The SMILES string of the molecule is CC1(C)OB(C=C2c3ccccc3COc3cc(F)ccc32)OC1(C)C. The quantitative estimate of drug-likeness (QED) is 0.692. The zero-order valence-corrected chi connectivity index (χ0v) is 15.5. The fraction of sp³-hybridized carbons (Fsp3) is 0.333. The highest BCUT2D eigenvalue weighted by molar-refractivity contribution is 6.53. The van der Waals surface area contributed by atoms with Crippen LogP contribution < -0.4 is 4.74 Å². The number of benzene rings is 2. The van der Waals surface area contributed by atoms with Crippen molar-refractivity contribution < 1.29 is 18.4 Å². The van der Waals surface area contributed by atoms with Gasteiger partial charge in [0.25, 0.3) is 0 Å². The zero-order valence-electron chi connectivity index (χ0n) is 15.5. The van der Waals surface area contributed by atoms with Crippen molar-refractivity contribution in [3.8, 4) is 5.75 Å². The van der Waals surface area contributed by atoms with Gasteiger partial charge in [0.05, 0.1) is 11.2 Å². The summed E-state index contributed by atoms with van der Waals surface area (Å²) >= 11 is 0. The van der Waals surface area contributed by atoms with Gasteiger partial charge in [-0.05, 0) is 62.5 Å². The summed E-state index contributed by atoms with van der Waals surface area (Å²) in [6.07, 6.45) is 0. The van der Waals surface area contributed by atoms with Gasteiger partial charge in [0, 0.05) is 11.6 Å². The summed E-state index contributed by atoms with van der Waals surface area (Å²) < 4.78 is 31.9. The average molecular weight is 352 g/mol. The van der Waals surface area contributed by atoms with Gasteiger partial charge in [-0.1, -0.05) is 24.3 Å². The fourth-order valence-corrected chi connectivity index (χ4v) is 3.32. The molecule has 2 aliphatic rings. The largest absolute Gasteiger partial charge is 0.488 e. The molecule has 0 bridgehead atoms. The molecule has 0 radical (unpaired) electrons. The van der Waals surface area contributed by atoms with Gasteiger partial charge in [-0.3, -0.25) is 0 Å². The van der Waals surface area contributed by atoms with Crippen LogP contribution in [0.25, 0.3) is 5.57 Å². The van der Waals surface area contributed by atoms with Crippen molar-refractivity contribution >= 4 is 12.7 Å². The molecular formula is C21H22BFO3. The van der Waals surface area contributed by atoms with Crippen molar-refractivity contribution in [2.75, 3.05) is 0 Å². The third-order valence-electron chi connectivity index (χ3n) is 5.50. The highest BCUT2D eigenvalue weighted by Gasteiger charge is 2.50. The summed E-state index contributed by atoms with van der Waals surface area (Å²) in [5.74, 6) is 2.19. The molecule has 4 rings (SSSR count). The summed E-state index contributed by atoms with van der Waals surface area (Å²) in [7, 11) is -0.487. The number of rotatable bonds is 1. The molecule has 134 valence electrons. The first-order valence-corrected chi connectivity index (χ1v) is 8.85. The molecule has 0 N–H and O–H groups in total. The molecule has 0 atom stereocenters. The van der Waals surface area contributed by atoms with Crippen LogP contribution in [0.3, 0.4) is 0 Å². The van der Waals surface area contributed by atoms with Crippen LogP contribution in [0.1, 0.15) is 44.4 Å². The standard InChI is InChI=1S/C21H22BFO3/c1-20(2)21(3,4)26-22(25-20)12-18-16-8-6-5-7-14(16)13-24-19-11-15(23)9-10-17(18)19/h5-12H,13H2,1-4H3. The van der Waals surface area contributed by atoms with E-state index in [1.165, 1.54) is 12.1 Å². The molecule has 5 heteroatoms. The van der Waals surface area contributed by atoms with Gasteiger partial charge in [-0.25, -0.2) is 4.39 Å². The number of hydrogen-bond donors (Lipinski definition) is 0. The highest BCUT2D eigenvalue weighted by atomic mass is 19.1. The lowest BCUT2D eigenvalue weighted by atomic mass is 9.81. The minimum absolute atomic E-state index is 0.315. The maximum Gasteiger partial charge on any atom is 0.487 e. The lowest BCUT2D eigenvalue weighted by molar-refractivity contribution is 0.00578. The van der Waals surface area contributed by atoms with E-state index in [1.54, 1.807) is 6.07 Å². The monoisotopic (exact) mass is 352 g/mol. The molecule has 3 nitrogen and oxygen atoms in total. The van der Waals surface area contributed by atoms with Gasteiger partial charge < -0.3 is 14.0 Å². The van der Waals surface area contributed by atoms with Crippen LogP contribution >= 0.6 is 0 Å². The minimum Gasteiger partial charge on any atom is -0.488 e. The molecule has 1 saturated heterocycles. The number of hydrogen-bond acceptors (Lipinski definition) is 3. The highest BCUT2D eigenvalue weighted by Crippen LogP contribution is 2.41. The van der Waals surface area contributed by atoms with E-state index in [9.17, 15) is 4.39 Å². The van der Waals surface area contributed by atoms with E-state index in [1.807, 2.05) is 57.9 Å². The van der Waals surface area contributed by atoms with Gasteiger partial charge in [0.2, 0.25) is 0 Å². The summed E-state index contributed by atoms with van der Waals surface area (Å²) in [6, 6.07) is 12.7. The van der Waals surface area contributed by atoms with Crippen molar-refractivity contribution in [2.45, 2.75) is 45.5 Å². The van der Waals surface area contributed by atoms with Gasteiger partial charge in [0.15, 0.2) is 0 Å². The fourth-order valence-electron chi connectivity index (χ4n) is 3.32. The lowest BCUT2D eigenvalue weighted by Gasteiger charge is -2.32. The molecule has 26 heavy (non-hydrogen) atoms. The molecule has 0 amide bonds. The number of fused-ring (bicyclic) bond motifs is 2. The van der Waals surface area contributed by atoms with Crippen LogP contribution in [0, 0.1) is 5.82 Å². The maximum absolute atomic E-state index is 13.7. The topological polar surface area (TPSA) is 27.7 Å². The first-order chi connectivity index (χ1) is 12.3. The van der Waals surface area contributed by atoms with Crippen molar-refractivity contribution in [1.29, 1.82) is 0 Å². The second-order valence-electron chi connectivity index (χ2n) is 7.79. The van der Waals surface area contributed by atoms with E-state index in [4.69, 9.17) is 14.0 Å². The first-order valence-electron chi connectivity index (χ1n) is 8.85. The Labute approximate surface area is 153 Å². The van der Waals surface area contributed by atoms with E-state index in [0.29, 0.717) is 12.4 Å². The Balaban J connectivity index is 1.85. The van der Waals surface area contributed by atoms with Crippen molar-refractivity contribution in [1.82, 2.24) is 0 Å². The third-order valence-corrected chi connectivity index (χ3v) is 5.50. The van der Waals surface area contributed by atoms with E-state index >= 15 is 0 Å². The molecule has 2 heterocycles.